The van der Waals surface area contributed by atoms with Crippen LogP contribution in [-0.2, 0) is 14.0 Å². The van der Waals surface area contributed by atoms with E-state index in [1.807, 2.05) is 52.0 Å². The molecule has 1 aliphatic heterocycles. The number of rotatable bonds is 2. The van der Waals surface area contributed by atoms with Gasteiger partial charge in [0.1, 0.15) is 4.88 Å². The average Bonchev–Trinajstić information content (AvgIpc) is 2.96. The molecule has 1 aromatic carbocycles. The molecule has 0 amide bonds. The van der Waals surface area contributed by atoms with E-state index in [1.54, 1.807) is 0 Å². The zero-order valence-corrected chi connectivity index (χ0v) is 14.2. The van der Waals surface area contributed by atoms with Crippen LogP contribution in [0.2, 0.25) is 0 Å². The fourth-order valence-corrected chi connectivity index (χ4v) is 3.54. The number of esters is 1. The molecule has 0 unspecified atom stereocenters. The Labute approximate surface area is 134 Å². The topological polar surface area (TPSA) is 44.8 Å². The smallest absolute Gasteiger partial charge is 0.465 e. The molecule has 6 heteroatoms. The van der Waals surface area contributed by atoms with Crippen molar-refractivity contribution in [3.8, 4) is 0 Å². The summed E-state index contributed by atoms with van der Waals surface area (Å²) in [5.74, 6) is -0.318. The molecule has 116 valence electrons. The molecule has 0 radical (unpaired) electrons. The predicted octanol–water partition coefficient (Wildman–Crippen LogP) is 2.99. The summed E-state index contributed by atoms with van der Waals surface area (Å²) < 4.78 is 18.1. The normalized spacial score (nSPS) is 19.6. The third-order valence-electron chi connectivity index (χ3n) is 4.47. The lowest BCUT2D eigenvalue weighted by Crippen LogP contribution is -2.41. The van der Waals surface area contributed by atoms with Crippen molar-refractivity contribution in [2.45, 2.75) is 38.9 Å². The molecule has 22 heavy (non-hydrogen) atoms. The van der Waals surface area contributed by atoms with E-state index >= 15 is 0 Å². The second-order valence-electron chi connectivity index (χ2n) is 6.46. The van der Waals surface area contributed by atoms with Crippen molar-refractivity contribution in [1.82, 2.24) is 0 Å². The summed E-state index contributed by atoms with van der Waals surface area (Å²) in [4.78, 5) is 12.3. The van der Waals surface area contributed by atoms with Gasteiger partial charge in [-0.1, -0.05) is 18.2 Å². The van der Waals surface area contributed by atoms with Gasteiger partial charge in [-0.2, -0.15) is 0 Å². The van der Waals surface area contributed by atoms with Crippen LogP contribution >= 0.6 is 11.3 Å². The minimum Gasteiger partial charge on any atom is -0.465 e. The first-order valence-corrected chi connectivity index (χ1v) is 8.03. The highest BCUT2D eigenvalue weighted by Crippen LogP contribution is 2.37. The van der Waals surface area contributed by atoms with Crippen LogP contribution in [0.5, 0.6) is 0 Å². The molecule has 0 saturated carbocycles. The molecule has 1 saturated heterocycles. The minimum atomic E-state index is -0.433. The molecule has 3 rings (SSSR count). The van der Waals surface area contributed by atoms with Crippen molar-refractivity contribution in [2.75, 3.05) is 7.11 Å². The molecule has 0 bridgehead atoms. The van der Waals surface area contributed by atoms with Crippen LogP contribution in [0, 0.1) is 0 Å². The highest BCUT2D eigenvalue weighted by molar-refractivity contribution is 7.22. The lowest BCUT2D eigenvalue weighted by atomic mass is 9.78. The molecule has 1 fully saturated rings. The predicted molar refractivity (Wildman–Crippen MR) is 88.9 cm³/mol. The monoisotopic (exact) mass is 318 g/mol. The number of hydrogen-bond donors (Lipinski definition) is 0. The van der Waals surface area contributed by atoms with Crippen molar-refractivity contribution in [3.05, 3.63) is 29.1 Å². The van der Waals surface area contributed by atoms with E-state index in [4.69, 9.17) is 14.0 Å². The second-order valence-corrected chi connectivity index (χ2v) is 7.51. The van der Waals surface area contributed by atoms with E-state index in [2.05, 4.69) is 0 Å². The number of carbonyl (C=O) groups excluding carboxylic acids is 1. The summed E-state index contributed by atoms with van der Waals surface area (Å²) in [5.41, 5.74) is 0.182. The minimum absolute atomic E-state index is 0.318. The molecule has 2 aromatic rings. The Balaban J connectivity index is 2.05. The number of ether oxygens (including phenoxy) is 1. The van der Waals surface area contributed by atoms with Gasteiger partial charge in [-0.3, -0.25) is 0 Å². The SMILES string of the molecule is COC(=O)c1cc2cccc(B3OC(C)(C)C(C)(C)O3)c2s1. The molecule has 0 atom stereocenters. The number of carbonyl (C=O) groups is 1. The van der Waals surface area contributed by atoms with Crippen molar-refractivity contribution in [3.63, 3.8) is 0 Å². The van der Waals surface area contributed by atoms with Gasteiger partial charge in [-0.05, 0) is 39.1 Å². The van der Waals surface area contributed by atoms with E-state index in [9.17, 15) is 4.79 Å². The average molecular weight is 318 g/mol. The fraction of sp³-hybridized carbons (Fsp3) is 0.438. The van der Waals surface area contributed by atoms with Crippen molar-refractivity contribution in [1.29, 1.82) is 0 Å². The number of benzene rings is 1. The lowest BCUT2D eigenvalue weighted by molar-refractivity contribution is 0.00578. The van der Waals surface area contributed by atoms with E-state index in [0.717, 1.165) is 15.5 Å². The number of thiophene rings is 1. The summed E-state index contributed by atoms with van der Waals surface area (Å²) in [6, 6.07) is 7.77. The van der Waals surface area contributed by atoms with Crippen LogP contribution < -0.4 is 5.46 Å². The first-order valence-electron chi connectivity index (χ1n) is 7.21. The quantitative estimate of drug-likeness (QED) is 0.631. The van der Waals surface area contributed by atoms with Crippen molar-refractivity contribution < 1.29 is 18.8 Å². The van der Waals surface area contributed by atoms with Gasteiger partial charge in [0.2, 0.25) is 0 Å². The molecule has 2 heterocycles. The highest BCUT2D eigenvalue weighted by Gasteiger charge is 2.52. The number of hydrogen-bond acceptors (Lipinski definition) is 5. The van der Waals surface area contributed by atoms with Crippen LogP contribution in [0.3, 0.4) is 0 Å². The maximum Gasteiger partial charge on any atom is 0.496 e. The summed E-state index contributed by atoms with van der Waals surface area (Å²) in [7, 11) is 0.958. The Morgan fingerprint density at radius 3 is 2.41 bits per heavy atom. The van der Waals surface area contributed by atoms with E-state index in [0.29, 0.717) is 4.88 Å². The summed E-state index contributed by atoms with van der Waals surface area (Å²) in [6.07, 6.45) is 0. The Morgan fingerprint density at radius 2 is 1.82 bits per heavy atom. The zero-order chi connectivity index (χ0) is 16.1. The third-order valence-corrected chi connectivity index (χ3v) is 5.65. The highest BCUT2D eigenvalue weighted by atomic mass is 32.1. The first-order chi connectivity index (χ1) is 10.2. The summed E-state index contributed by atoms with van der Waals surface area (Å²) >= 11 is 1.41. The zero-order valence-electron chi connectivity index (χ0n) is 13.4. The maximum absolute atomic E-state index is 11.7. The van der Waals surface area contributed by atoms with Crippen molar-refractivity contribution in [2.24, 2.45) is 0 Å². The molecule has 0 aliphatic carbocycles. The van der Waals surface area contributed by atoms with E-state index in [1.165, 1.54) is 18.4 Å². The van der Waals surface area contributed by atoms with E-state index in [-0.39, 0.29) is 17.2 Å². The summed E-state index contributed by atoms with van der Waals surface area (Å²) in [5, 5.41) is 0.998. The third kappa shape index (κ3) is 2.35. The Kier molecular flexibility index (Phi) is 3.59. The number of methoxy groups -OCH3 is 1. The van der Waals surface area contributed by atoms with Crippen LogP contribution in [0.15, 0.2) is 24.3 Å². The van der Waals surface area contributed by atoms with Gasteiger partial charge in [0.15, 0.2) is 0 Å². The van der Waals surface area contributed by atoms with Gasteiger partial charge in [0.05, 0.1) is 18.3 Å². The van der Waals surface area contributed by atoms with Gasteiger partial charge in [0.25, 0.3) is 0 Å². The van der Waals surface area contributed by atoms with Crippen LogP contribution in [0.1, 0.15) is 37.4 Å². The molecule has 0 N–H and O–H groups in total. The largest absolute Gasteiger partial charge is 0.496 e. The molecule has 0 spiro atoms. The maximum atomic E-state index is 11.7. The van der Waals surface area contributed by atoms with Crippen LogP contribution in [-0.4, -0.2) is 31.4 Å². The molecule has 1 aromatic heterocycles. The van der Waals surface area contributed by atoms with E-state index < -0.39 is 7.12 Å². The lowest BCUT2D eigenvalue weighted by Gasteiger charge is -2.32. The Bertz CT molecular complexity index is 719. The Morgan fingerprint density at radius 1 is 1.18 bits per heavy atom. The standard InChI is InChI=1S/C16H19BO4S/c1-15(2)16(3,4)21-17(20-15)11-8-6-7-10-9-12(14(18)19-5)22-13(10)11/h6-9H,1-5H3. The van der Waals surface area contributed by atoms with Crippen LogP contribution in [0.25, 0.3) is 10.1 Å². The first kappa shape index (κ1) is 15.5. The van der Waals surface area contributed by atoms with Gasteiger partial charge in [-0.15, -0.1) is 11.3 Å². The molecule has 4 nitrogen and oxygen atoms in total. The summed E-state index contributed by atoms with van der Waals surface area (Å²) in [6.45, 7) is 8.12. The van der Waals surface area contributed by atoms with Gasteiger partial charge in [0, 0.05) is 10.2 Å². The van der Waals surface area contributed by atoms with Gasteiger partial charge in [-0.25, -0.2) is 4.79 Å². The molecular weight excluding hydrogens is 299 g/mol. The second kappa shape index (κ2) is 5.08. The number of fused-ring (bicyclic) bond motifs is 1. The Hall–Kier alpha value is -1.37. The van der Waals surface area contributed by atoms with Gasteiger partial charge < -0.3 is 14.0 Å². The molecule has 1 aliphatic rings. The fourth-order valence-electron chi connectivity index (χ4n) is 2.44. The van der Waals surface area contributed by atoms with Crippen molar-refractivity contribution >= 4 is 40.0 Å². The van der Waals surface area contributed by atoms with Gasteiger partial charge >= 0.3 is 13.1 Å². The molecular formula is C16H19BO4S. The van der Waals surface area contributed by atoms with Crippen LogP contribution in [0.4, 0.5) is 0 Å².